The predicted molar refractivity (Wildman–Crippen MR) is 67.7 cm³/mol. The minimum Gasteiger partial charge on any atom is -0.381 e. The molecule has 2 rings (SSSR count). The smallest absolute Gasteiger partial charge is 0.0487 e. The van der Waals surface area contributed by atoms with Gasteiger partial charge in [0.2, 0.25) is 0 Å². The SMILES string of the molecule is Brc1ccc(NC2CCCC2)c(Br)c1. The molecule has 0 amide bonds. The number of hydrogen-bond acceptors (Lipinski definition) is 1. The second-order valence-corrected chi connectivity index (χ2v) is 5.52. The van der Waals surface area contributed by atoms with Crippen LogP contribution in [0.25, 0.3) is 0 Å². The van der Waals surface area contributed by atoms with Crippen molar-refractivity contribution in [2.45, 2.75) is 31.7 Å². The number of rotatable bonds is 2. The van der Waals surface area contributed by atoms with Crippen molar-refractivity contribution in [2.24, 2.45) is 0 Å². The maximum absolute atomic E-state index is 3.57. The first-order valence-electron chi connectivity index (χ1n) is 4.97. The standard InChI is InChI=1S/C11H13Br2N/c12-8-5-6-11(10(13)7-8)14-9-3-1-2-4-9/h5-7,9,14H,1-4H2. The third kappa shape index (κ3) is 2.51. The van der Waals surface area contributed by atoms with Gasteiger partial charge < -0.3 is 5.32 Å². The molecule has 3 heteroatoms. The van der Waals surface area contributed by atoms with Crippen LogP contribution in [0, 0.1) is 0 Å². The van der Waals surface area contributed by atoms with Gasteiger partial charge in [-0.2, -0.15) is 0 Å². The van der Waals surface area contributed by atoms with E-state index in [0.29, 0.717) is 6.04 Å². The minimum absolute atomic E-state index is 0.674. The first-order valence-corrected chi connectivity index (χ1v) is 6.56. The molecule has 0 spiro atoms. The molecule has 0 aliphatic heterocycles. The molecule has 1 aromatic rings. The van der Waals surface area contributed by atoms with Gasteiger partial charge in [-0.25, -0.2) is 0 Å². The van der Waals surface area contributed by atoms with Gasteiger partial charge in [-0.3, -0.25) is 0 Å². The lowest BCUT2D eigenvalue weighted by molar-refractivity contribution is 0.755. The molecule has 0 bridgehead atoms. The zero-order chi connectivity index (χ0) is 9.97. The molecule has 76 valence electrons. The first-order chi connectivity index (χ1) is 6.75. The van der Waals surface area contributed by atoms with E-state index >= 15 is 0 Å². The lowest BCUT2D eigenvalue weighted by Crippen LogP contribution is -2.14. The van der Waals surface area contributed by atoms with Crippen molar-refractivity contribution in [3.63, 3.8) is 0 Å². The van der Waals surface area contributed by atoms with Crippen LogP contribution in [-0.2, 0) is 0 Å². The maximum Gasteiger partial charge on any atom is 0.0487 e. The molecule has 1 aromatic carbocycles. The van der Waals surface area contributed by atoms with Crippen molar-refractivity contribution in [3.05, 3.63) is 27.1 Å². The summed E-state index contributed by atoms with van der Waals surface area (Å²) in [5.74, 6) is 0. The van der Waals surface area contributed by atoms with Gasteiger partial charge in [-0.05, 0) is 47.0 Å². The van der Waals surface area contributed by atoms with Crippen LogP contribution in [0.2, 0.25) is 0 Å². The lowest BCUT2D eigenvalue weighted by atomic mass is 10.2. The highest BCUT2D eigenvalue weighted by atomic mass is 79.9. The van der Waals surface area contributed by atoms with Gasteiger partial charge in [0.05, 0.1) is 0 Å². The number of halogens is 2. The summed E-state index contributed by atoms with van der Waals surface area (Å²) >= 11 is 7.01. The third-order valence-corrected chi connectivity index (χ3v) is 3.80. The number of hydrogen-bond donors (Lipinski definition) is 1. The van der Waals surface area contributed by atoms with E-state index < -0.39 is 0 Å². The number of benzene rings is 1. The van der Waals surface area contributed by atoms with E-state index in [4.69, 9.17) is 0 Å². The Kier molecular flexibility index (Phi) is 3.50. The molecular formula is C11H13Br2N. The second-order valence-electron chi connectivity index (χ2n) is 3.75. The molecule has 0 unspecified atom stereocenters. The first kappa shape index (κ1) is 10.5. The molecule has 0 aromatic heterocycles. The van der Waals surface area contributed by atoms with Crippen LogP contribution in [0.1, 0.15) is 25.7 Å². The molecule has 0 atom stereocenters. The van der Waals surface area contributed by atoms with E-state index in [1.807, 2.05) is 0 Å². The lowest BCUT2D eigenvalue weighted by Gasteiger charge is -2.14. The fraction of sp³-hybridized carbons (Fsp3) is 0.455. The molecule has 1 aliphatic rings. The average Bonchev–Trinajstić information content (AvgIpc) is 2.62. The molecule has 0 radical (unpaired) electrons. The Bertz CT molecular complexity index is 319. The summed E-state index contributed by atoms with van der Waals surface area (Å²) in [6.45, 7) is 0. The number of anilines is 1. The average molecular weight is 319 g/mol. The molecule has 1 aliphatic carbocycles. The van der Waals surface area contributed by atoms with Gasteiger partial charge in [0.25, 0.3) is 0 Å². The van der Waals surface area contributed by atoms with Crippen LogP contribution in [0.5, 0.6) is 0 Å². The summed E-state index contributed by atoms with van der Waals surface area (Å²) in [6, 6.07) is 6.94. The van der Waals surface area contributed by atoms with Crippen molar-refractivity contribution >= 4 is 37.5 Å². The van der Waals surface area contributed by atoms with Crippen molar-refractivity contribution < 1.29 is 0 Å². The molecule has 1 saturated carbocycles. The van der Waals surface area contributed by atoms with E-state index in [1.54, 1.807) is 0 Å². The Hall–Kier alpha value is -0.0200. The van der Waals surface area contributed by atoms with Crippen LogP contribution in [0.15, 0.2) is 27.1 Å². The predicted octanol–water partition coefficient (Wildman–Crippen LogP) is 4.57. The second kappa shape index (κ2) is 4.67. The molecule has 0 saturated heterocycles. The highest BCUT2D eigenvalue weighted by Crippen LogP contribution is 2.29. The number of nitrogens with one attached hydrogen (secondary N) is 1. The van der Waals surface area contributed by atoms with Crippen molar-refractivity contribution in [3.8, 4) is 0 Å². The van der Waals surface area contributed by atoms with Crippen LogP contribution < -0.4 is 5.32 Å². The van der Waals surface area contributed by atoms with Crippen LogP contribution in [-0.4, -0.2) is 6.04 Å². The highest BCUT2D eigenvalue weighted by molar-refractivity contribution is 9.11. The summed E-state index contributed by atoms with van der Waals surface area (Å²) in [4.78, 5) is 0. The Morgan fingerprint density at radius 3 is 2.50 bits per heavy atom. The highest BCUT2D eigenvalue weighted by Gasteiger charge is 2.15. The largest absolute Gasteiger partial charge is 0.381 e. The third-order valence-electron chi connectivity index (χ3n) is 2.65. The topological polar surface area (TPSA) is 12.0 Å². The van der Waals surface area contributed by atoms with Gasteiger partial charge in [0.1, 0.15) is 0 Å². The van der Waals surface area contributed by atoms with Crippen molar-refractivity contribution in [2.75, 3.05) is 5.32 Å². The molecule has 14 heavy (non-hydrogen) atoms. The van der Waals surface area contributed by atoms with Gasteiger partial charge in [0, 0.05) is 20.7 Å². The Morgan fingerprint density at radius 1 is 1.14 bits per heavy atom. The van der Waals surface area contributed by atoms with Crippen molar-refractivity contribution in [1.29, 1.82) is 0 Å². The fourth-order valence-corrected chi connectivity index (χ4v) is 3.06. The Morgan fingerprint density at radius 2 is 1.86 bits per heavy atom. The minimum atomic E-state index is 0.674. The summed E-state index contributed by atoms with van der Waals surface area (Å²) in [5, 5.41) is 3.57. The summed E-state index contributed by atoms with van der Waals surface area (Å²) < 4.78 is 2.25. The maximum atomic E-state index is 3.57. The normalized spacial score (nSPS) is 17.3. The van der Waals surface area contributed by atoms with E-state index in [-0.39, 0.29) is 0 Å². The van der Waals surface area contributed by atoms with Crippen LogP contribution >= 0.6 is 31.9 Å². The summed E-state index contributed by atoms with van der Waals surface area (Å²) in [6.07, 6.45) is 5.35. The van der Waals surface area contributed by atoms with E-state index in [1.165, 1.54) is 31.4 Å². The zero-order valence-electron chi connectivity index (χ0n) is 7.89. The van der Waals surface area contributed by atoms with E-state index in [2.05, 4.69) is 55.4 Å². The molecule has 1 fully saturated rings. The van der Waals surface area contributed by atoms with E-state index in [0.717, 1.165) is 8.95 Å². The van der Waals surface area contributed by atoms with Gasteiger partial charge in [-0.1, -0.05) is 28.8 Å². The monoisotopic (exact) mass is 317 g/mol. The van der Waals surface area contributed by atoms with E-state index in [9.17, 15) is 0 Å². The molecular weight excluding hydrogens is 306 g/mol. The summed E-state index contributed by atoms with van der Waals surface area (Å²) in [5.41, 5.74) is 1.21. The van der Waals surface area contributed by atoms with Crippen LogP contribution in [0.3, 0.4) is 0 Å². The molecule has 1 nitrogen and oxygen atoms in total. The van der Waals surface area contributed by atoms with Gasteiger partial charge in [-0.15, -0.1) is 0 Å². The Balaban J connectivity index is 2.08. The molecule has 0 heterocycles. The Labute approximate surface area is 102 Å². The van der Waals surface area contributed by atoms with Crippen molar-refractivity contribution in [1.82, 2.24) is 0 Å². The fourth-order valence-electron chi connectivity index (χ4n) is 1.90. The molecule has 1 N–H and O–H groups in total. The van der Waals surface area contributed by atoms with Crippen LogP contribution in [0.4, 0.5) is 5.69 Å². The summed E-state index contributed by atoms with van der Waals surface area (Å²) in [7, 11) is 0. The zero-order valence-corrected chi connectivity index (χ0v) is 11.1. The quantitative estimate of drug-likeness (QED) is 0.842. The van der Waals surface area contributed by atoms with Gasteiger partial charge in [0.15, 0.2) is 0 Å². The van der Waals surface area contributed by atoms with Gasteiger partial charge >= 0.3 is 0 Å².